The second-order valence-electron chi connectivity index (χ2n) is 4.27. The molecule has 0 fully saturated rings. The van der Waals surface area contributed by atoms with E-state index in [0.29, 0.717) is 10.5 Å². The maximum absolute atomic E-state index is 13.8. The average molecular weight is 257 g/mol. The highest BCUT2D eigenvalue weighted by Gasteiger charge is 2.36. The first-order chi connectivity index (χ1) is 8.19. The first kappa shape index (κ1) is 12.8. The number of nitrogens with one attached hydrogen (secondary N) is 1. The molecule has 17 heavy (non-hydrogen) atoms. The standard InChI is InChI=1S/C13H17F2NS/c1-3-7-16-12-10(4-2)17-13-9(15)6-5-8(14)11(12)13/h5-6,10,12,16H,3-4,7H2,1-2H3. The summed E-state index contributed by atoms with van der Waals surface area (Å²) in [6.45, 7) is 4.95. The molecule has 1 aliphatic heterocycles. The minimum absolute atomic E-state index is 0.0596. The Bertz CT molecular complexity index is 409. The molecule has 1 N–H and O–H groups in total. The SMILES string of the molecule is CCCNC1c2c(F)ccc(F)c2SC1CC. The Morgan fingerprint density at radius 2 is 1.94 bits per heavy atom. The number of thioether (sulfide) groups is 1. The zero-order valence-corrected chi connectivity index (χ0v) is 10.9. The van der Waals surface area contributed by atoms with E-state index in [4.69, 9.17) is 0 Å². The van der Waals surface area contributed by atoms with Gasteiger partial charge in [0.05, 0.1) is 4.90 Å². The van der Waals surface area contributed by atoms with E-state index >= 15 is 0 Å². The van der Waals surface area contributed by atoms with Crippen LogP contribution < -0.4 is 5.32 Å². The fourth-order valence-electron chi connectivity index (χ4n) is 2.22. The molecule has 1 aliphatic rings. The first-order valence-corrected chi connectivity index (χ1v) is 6.94. The Morgan fingerprint density at radius 3 is 2.59 bits per heavy atom. The van der Waals surface area contributed by atoms with E-state index in [1.54, 1.807) is 0 Å². The van der Waals surface area contributed by atoms with Crippen molar-refractivity contribution < 1.29 is 8.78 Å². The summed E-state index contributed by atoms with van der Waals surface area (Å²) in [4.78, 5) is 0.491. The third kappa shape index (κ3) is 2.33. The van der Waals surface area contributed by atoms with Crippen molar-refractivity contribution in [3.63, 3.8) is 0 Å². The summed E-state index contributed by atoms with van der Waals surface area (Å²) >= 11 is 1.46. The second kappa shape index (κ2) is 5.36. The third-order valence-electron chi connectivity index (χ3n) is 3.06. The van der Waals surface area contributed by atoms with Gasteiger partial charge in [0.1, 0.15) is 11.6 Å². The molecule has 2 unspecified atom stereocenters. The van der Waals surface area contributed by atoms with E-state index in [-0.39, 0.29) is 22.9 Å². The first-order valence-electron chi connectivity index (χ1n) is 6.07. The fourth-order valence-corrected chi connectivity index (χ4v) is 3.59. The highest BCUT2D eigenvalue weighted by atomic mass is 32.2. The summed E-state index contributed by atoms with van der Waals surface area (Å²) < 4.78 is 27.5. The molecule has 0 aromatic heterocycles. The molecular formula is C13H17F2NS. The Hall–Kier alpha value is -0.610. The molecule has 0 radical (unpaired) electrons. The van der Waals surface area contributed by atoms with Crippen LogP contribution in [0.2, 0.25) is 0 Å². The molecule has 0 amide bonds. The maximum Gasteiger partial charge on any atom is 0.137 e. The number of halogens is 2. The largest absolute Gasteiger partial charge is 0.309 e. The lowest BCUT2D eigenvalue weighted by molar-refractivity contribution is 0.475. The normalized spacial score (nSPS) is 22.8. The molecule has 4 heteroatoms. The van der Waals surface area contributed by atoms with Gasteiger partial charge in [0.15, 0.2) is 0 Å². The molecule has 1 aromatic rings. The van der Waals surface area contributed by atoms with Crippen molar-refractivity contribution >= 4 is 11.8 Å². The van der Waals surface area contributed by atoms with Crippen molar-refractivity contribution in [2.75, 3.05) is 6.54 Å². The van der Waals surface area contributed by atoms with Crippen LogP contribution in [0.15, 0.2) is 17.0 Å². The molecule has 0 aliphatic carbocycles. The summed E-state index contributed by atoms with van der Waals surface area (Å²) in [5, 5.41) is 3.55. The molecule has 2 atom stereocenters. The van der Waals surface area contributed by atoms with Crippen molar-refractivity contribution in [2.24, 2.45) is 0 Å². The predicted molar refractivity (Wildman–Crippen MR) is 67.3 cm³/mol. The number of rotatable bonds is 4. The van der Waals surface area contributed by atoms with E-state index < -0.39 is 0 Å². The van der Waals surface area contributed by atoms with Crippen LogP contribution in [-0.2, 0) is 0 Å². The van der Waals surface area contributed by atoms with Gasteiger partial charge in [0.25, 0.3) is 0 Å². The van der Waals surface area contributed by atoms with Crippen molar-refractivity contribution in [3.05, 3.63) is 29.3 Å². The Balaban J connectivity index is 2.36. The quantitative estimate of drug-likeness (QED) is 0.878. The van der Waals surface area contributed by atoms with E-state index in [1.807, 2.05) is 0 Å². The highest BCUT2D eigenvalue weighted by molar-refractivity contribution is 8.00. The molecular weight excluding hydrogens is 240 g/mol. The zero-order chi connectivity index (χ0) is 12.4. The van der Waals surface area contributed by atoms with Crippen LogP contribution in [0.5, 0.6) is 0 Å². The van der Waals surface area contributed by atoms with Gasteiger partial charge in [-0.3, -0.25) is 0 Å². The molecule has 0 spiro atoms. The number of hydrogen-bond donors (Lipinski definition) is 1. The third-order valence-corrected chi connectivity index (χ3v) is 4.62. The molecule has 1 aromatic carbocycles. The number of fused-ring (bicyclic) bond motifs is 1. The Morgan fingerprint density at radius 1 is 1.24 bits per heavy atom. The summed E-state index contributed by atoms with van der Waals surface area (Å²) in [7, 11) is 0. The van der Waals surface area contributed by atoms with Crippen molar-refractivity contribution in [1.29, 1.82) is 0 Å². The van der Waals surface area contributed by atoms with Crippen molar-refractivity contribution in [2.45, 2.75) is 42.9 Å². The van der Waals surface area contributed by atoms with Gasteiger partial charge in [-0.1, -0.05) is 13.8 Å². The second-order valence-corrected chi connectivity index (χ2v) is 5.52. The van der Waals surface area contributed by atoms with Crippen molar-refractivity contribution in [1.82, 2.24) is 5.32 Å². The summed E-state index contributed by atoms with van der Waals surface area (Å²) in [6, 6.07) is 2.39. The number of benzene rings is 1. The molecule has 0 bridgehead atoms. The molecule has 2 rings (SSSR count). The average Bonchev–Trinajstić information content (AvgIpc) is 2.71. The topological polar surface area (TPSA) is 12.0 Å². The van der Waals surface area contributed by atoms with Gasteiger partial charge in [-0.15, -0.1) is 11.8 Å². The molecule has 0 saturated heterocycles. The fraction of sp³-hybridized carbons (Fsp3) is 0.538. The lowest BCUT2D eigenvalue weighted by atomic mass is 10.0. The van der Waals surface area contributed by atoms with Crippen molar-refractivity contribution in [3.8, 4) is 0 Å². The highest BCUT2D eigenvalue weighted by Crippen LogP contribution is 2.47. The van der Waals surface area contributed by atoms with Crippen LogP contribution in [0.4, 0.5) is 8.78 Å². The molecule has 94 valence electrons. The monoisotopic (exact) mass is 257 g/mol. The molecule has 1 nitrogen and oxygen atoms in total. The summed E-state index contributed by atoms with van der Waals surface area (Å²) in [5.41, 5.74) is 0.523. The smallest absolute Gasteiger partial charge is 0.137 e. The van der Waals surface area contributed by atoms with Gasteiger partial charge in [0, 0.05) is 16.9 Å². The van der Waals surface area contributed by atoms with Crippen LogP contribution >= 0.6 is 11.8 Å². The predicted octanol–water partition coefficient (Wildman–Crippen LogP) is 3.89. The Kier molecular flexibility index (Phi) is 4.05. The van der Waals surface area contributed by atoms with Gasteiger partial charge in [-0.05, 0) is 31.5 Å². The van der Waals surface area contributed by atoms with E-state index in [9.17, 15) is 8.78 Å². The maximum atomic E-state index is 13.8. The van der Waals surface area contributed by atoms with Gasteiger partial charge in [-0.25, -0.2) is 8.78 Å². The van der Waals surface area contributed by atoms with Gasteiger partial charge >= 0.3 is 0 Å². The van der Waals surface area contributed by atoms with Gasteiger partial charge in [-0.2, -0.15) is 0 Å². The zero-order valence-electron chi connectivity index (χ0n) is 10.1. The minimum Gasteiger partial charge on any atom is -0.309 e. The summed E-state index contributed by atoms with van der Waals surface area (Å²) in [5.74, 6) is -0.593. The van der Waals surface area contributed by atoms with Gasteiger partial charge < -0.3 is 5.32 Å². The van der Waals surface area contributed by atoms with E-state index in [1.165, 1.54) is 23.9 Å². The number of hydrogen-bond acceptors (Lipinski definition) is 2. The lowest BCUT2D eigenvalue weighted by Crippen LogP contribution is -2.28. The lowest BCUT2D eigenvalue weighted by Gasteiger charge is -2.19. The van der Waals surface area contributed by atoms with Crippen LogP contribution in [-0.4, -0.2) is 11.8 Å². The van der Waals surface area contributed by atoms with E-state index in [0.717, 1.165) is 19.4 Å². The minimum atomic E-state index is -0.300. The van der Waals surface area contributed by atoms with Gasteiger partial charge in [0.2, 0.25) is 0 Å². The van der Waals surface area contributed by atoms with Crippen LogP contribution in [0.25, 0.3) is 0 Å². The van der Waals surface area contributed by atoms with Crippen LogP contribution in [0, 0.1) is 11.6 Å². The molecule has 0 saturated carbocycles. The van der Waals surface area contributed by atoms with Crippen LogP contribution in [0.3, 0.4) is 0 Å². The van der Waals surface area contributed by atoms with Crippen LogP contribution in [0.1, 0.15) is 38.3 Å². The Labute approximate surface area is 105 Å². The summed E-state index contributed by atoms with van der Waals surface area (Å²) in [6.07, 6.45) is 1.89. The van der Waals surface area contributed by atoms with E-state index in [2.05, 4.69) is 19.2 Å². The molecule has 1 heterocycles.